The summed E-state index contributed by atoms with van der Waals surface area (Å²) in [7, 11) is 0. The van der Waals surface area contributed by atoms with Gasteiger partial charge in [0.15, 0.2) is 0 Å². The highest BCUT2D eigenvalue weighted by Crippen LogP contribution is 2.24. The zero-order valence-electron chi connectivity index (χ0n) is 7.53. The Morgan fingerprint density at radius 1 is 1.36 bits per heavy atom. The van der Waals surface area contributed by atoms with E-state index in [-0.39, 0.29) is 6.03 Å². The van der Waals surface area contributed by atoms with Gasteiger partial charge in [-0.1, -0.05) is 24.3 Å². The maximum absolute atomic E-state index is 11.5. The van der Waals surface area contributed by atoms with Crippen LogP contribution >= 0.6 is 0 Å². The number of rotatable bonds is 0. The smallest absolute Gasteiger partial charge is 0.318 e. The summed E-state index contributed by atoms with van der Waals surface area (Å²) >= 11 is 0. The Balaban J connectivity index is 2.15. The number of hydrogen-bond donors (Lipinski definition) is 1. The van der Waals surface area contributed by atoms with Crippen LogP contribution < -0.4 is 5.32 Å². The third kappa shape index (κ3) is 0.878. The predicted octanol–water partition coefficient (Wildman–Crippen LogP) is 0.930. The molecule has 0 fully saturated rings. The first-order valence-electron chi connectivity index (χ1n) is 4.54. The highest BCUT2D eigenvalue weighted by atomic mass is 16.2. The molecule has 0 aromatic heterocycles. The lowest BCUT2D eigenvalue weighted by molar-refractivity contribution is 0.218. The second kappa shape index (κ2) is 2.57. The second-order valence-corrected chi connectivity index (χ2v) is 3.37. The monoisotopic (exact) mass is 187 g/mol. The predicted molar refractivity (Wildman–Crippen MR) is 51.9 cm³/mol. The molecule has 14 heavy (non-hydrogen) atoms. The topological polar surface area (TPSA) is 44.7 Å². The fourth-order valence-corrected chi connectivity index (χ4v) is 1.88. The normalized spacial score (nSPS) is 18.4. The largest absolute Gasteiger partial charge is 0.324 e. The van der Waals surface area contributed by atoms with E-state index in [2.05, 4.69) is 10.3 Å². The molecular formula is C10H9N3O. The zero-order chi connectivity index (χ0) is 9.54. The molecule has 0 saturated carbocycles. The minimum Gasteiger partial charge on any atom is -0.318 e. The Kier molecular flexibility index (Phi) is 1.39. The Labute approximate surface area is 81.2 Å². The summed E-state index contributed by atoms with van der Waals surface area (Å²) in [6.07, 6.45) is 0. The number of hydrogen-bond acceptors (Lipinski definition) is 2. The lowest BCUT2D eigenvalue weighted by Crippen LogP contribution is -2.44. The molecule has 0 spiro atoms. The molecule has 4 nitrogen and oxygen atoms in total. The highest BCUT2D eigenvalue weighted by molar-refractivity contribution is 6.11. The molecule has 2 heterocycles. The van der Waals surface area contributed by atoms with Gasteiger partial charge in [-0.25, -0.2) is 9.79 Å². The van der Waals surface area contributed by atoms with Gasteiger partial charge >= 0.3 is 6.03 Å². The van der Waals surface area contributed by atoms with Crippen LogP contribution in [0.5, 0.6) is 0 Å². The van der Waals surface area contributed by atoms with E-state index in [1.807, 2.05) is 24.3 Å². The van der Waals surface area contributed by atoms with Crippen molar-refractivity contribution in [1.82, 2.24) is 10.2 Å². The number of aliphatic imine (C=N–C) groups is 1. The van der Waals surface area contributed by atoms with Gasteiger partial charge in [-0.05, 0) is 5.56 Å². The van der Waals surface area contributed by atoms with Crippen molar-refractivity contribution in [2.75, 3.05) is 6.67 Å². The minimum absolute atomic E-state index is 0.0498. The second-order valence-electron chi connectivity index (χ2n) is 3.37. The summed E-state index contributed by atoms with van der Waals surface area (Å²) < 4.78 is 0. The Bertz CT molecular complexity index is 439. The van der Waals surface area contributed by atoms with E-state index >= 15 is 0 Å². The van der Waals surface area contributed by atoms with Gasteiger partial charge < -0.3 is 5.32 Å². The third-order valence-electron chi connectivity index (χ3n) is 2.55. The van der Waals surface area contributed by atoms with Crippen LogP contribution in [0.15, 0.2) is 29.3 Å². The van der Waals surface area contributed by atoms with Crippen LogP contribution in [-0.4, -0.2) is 23.4 Å². The number of nitrogens with zero attached hydrogens (tertiary/aromatic N) is 2. The fourth-order valence-electron chi connectivity index (χ4n) is 1.88. The molecular weight excluding hydrogens is 178 g/mol. The van der Waals surface area contributed by atoms with Gasteiger partial charge in [-0.15, -0.1) is 0 Å². The van der Waals surface area contributed by atoms with Crippen LogP contribution in [0.2, 0.25) is 0 Å². The van der Waals surface area contributed by atoms with E-state index in [0.29, 0.717) is 13.2 Å². The van der Waals surface area contributed by atoms with Crippen molar-refractivity contribution in [3.05, 3.63) is 35.4 Å². The molecule has 0 saturated heterocycles. The number of amides is 2. The lowest BCUT2D eigenvalue weighted by Gasteiger charge is -2.21. The van der Waals surface area contributed by atoms with Crippen LogP contribution in [0.4, 0.5) is 4.79 Å². The molecule has 70 valence electrons. The highest BCUT2D eigenvalue weighted by Gasteiger charge is 2.31. The number of nitrogens with one attached hydrogen (secondary N) is 1. The summed E-state index contributed by atoms with van der Waals surface area (Å²) in [5.74, 6) is 0.810. The number of urea groups is 1. The van der Waals surface area contributed by atoms with E-state index < -0.39 is 0 Å². The van der Waals surface area contributed by atoms with Crippen molar-refractivity contribution >= 4 is 11.9 Å². The molecule has 0 bridgehead atoms. The Morgan fingerprint density at radius 2 is 2.21 bits per heavy atom. The van der Waals surface area contributed by atoms with Crippen molar-refractivity contribution in [3.63, 3.8) is 0 Å². The first kappa shape index (κ1) is 7.55. The number of benzene rings is 1. The van der Waals surface area contributed by atoms with E-state index in [0.717, 1.165) is 11.4 Å². The first-order valence-corrected chi connectivity index (χ1v) is 4.54. The van der Waals surface area contributed by atoms with Gasteiger partial charge in [-0.3, -0.25) is 4.90 Å². The van der Waals surface area contributed by atoms with Crippen LogP contribution in [0.25, 0.3) is 0 Å². The average Bonchev–Trinajstić information content (AvgIpc) is 2.59. The molecule has 0 radical (unpaired) electrons. The van der Waals surface area contributed by atoms with Gasteiger partial charge in [0.25, 0.3) is 0 Å². The quantitative estimate of drug-likeness (QED) is 0.645. The zero-order valence-corrected chi connectivity index (χ0v) is 7.53. The van der Waals surface area contributed by atoms with Crippen molar-refractivity contribution in [2.45, 2.75) is 6.54 Å². The molecule has 1 N–H and O–H groups in total. The Morgan fingerprint density at radius 3 is 3.14 bits per heavy atom. The molecule has 3 rings (SSSR count). The molecule has 0 aliphatic carbocycles. The standard InChI is InChI=1S/C10H9N3O/c14-10-12-6-11-9-8-4-2-1-3-7(8)5-13(9)10/h1-4H,5-6H2,(H,12,14). The number of carbonyl (C=O) groups excluding carboxylic acids is 1. The van der Waals surface area contributed by atoms with Crippen molar-refractivity contribution in [1.29, 1.82) is 0 Å². The van der Waals surface area contributed by atoms with E-state index in [1.54, 1.807) is 4.90 Å². The molecule has 2 aliphatic heterocycles. The van der Waals surface area contributed by atoms with Gasteiger partial charge in [-0.2, -0.15) is 0 Å². The maximum atomic E-state index is 11.5. The fraction of sp³-hybridized carbons (Fsp3) is 0.200. The molecule has 1 aromatic carbocycles. The van der Waals surface area contributed by atoms with Gasteiger partial charge in [0.1, 0.15) is 12.5 Å². The minimum atomic E-state index is -0.0498. The summed E-state index contributed by atoms with van der Waals surface area (Å²) in [4.78, 5) is 17.4. The number of fused-ring (bicyclic) bond motifs is 3. The Hall–Kier alpha value is -1.84. The van der Waals surface area contributed by atoms with E-state index in [4.69, 9.17) is 0 Å². The summed E-state index contributed by atoms with van der Waals surface area (Å²) in [6.45, 7) is 1.03. The maximum Gasteiger partial charge on any atom is 0.324 e. The summed E-state index contributed by atoms with van der Waals surface area (Å²) in [6, 6.07) is 7.94. The molecule has 1 aromatic rings. The number of amidine groups is 1. The van der Waals surface area contributed by atoms with Gasteiger partial charge in [0.05, 0.1) is 6.54 Å². The van der Waals surface area contributed by atoms with Crippen molar-refractivity contribution in [2.24, 2.45) is 4.99 Å². The van der Waals surface area contributed by atoms with Crippen LogP contribution in [-0.2, 0) is 6.54 Å². The summed E-state index contributed by atoms with van der Waals surface area (Å²) in [5.41, 5.74) is 2.26. The van der Waals surface area contributed by atoms with E-state index in [9.17, 15) is 4.79 Å². The van der Waals surface area contributed by atoms with Crippen LogP contribution in [0, 0.1) is 0 Å². The van der Waals surface area contributed by atoms with Crippen LogP contribution in [0.1, 0.15) is 11.1 Å². The third-order valence-corrected chi connectivity index (χ3v) is 2.55. The van der Waals surface area contributed by atoms with E-state index in [1.165, 1.54) is 5.56 Å². The molecule has 2 amide bonds. The van der Waals surface area contributed by atoms with Gasteiger partial charge in [0.2, 0.25) is 0 Å². The lowest BCUT2D eigenvalue weighted by atomic mass is 10.1. The molecule has 0 atom stereocenters. The summed E-state index contributed by atoms with van der Waals surface area (Å²) in [5, 5.41) is 2.69. The molecule has 4 heteroatoms. The number of carbonyl (C=O) groups is 1. The first-order chi connectivity index (χ1) is 6.86. The molecule has 2 aliphatic rings. The van der Waals surface area contributed by atoms with Crippen molar-refractivity contribution < 1.29 is 4.79 Å². The van der Waals surface area contributed by atoms with Crippen molar-refractivity contribution in [3.8, 4) is 0 Å². The SMILES string of the molecule is O=C1NCN=C2c3ccccc3CN12. The van der Waals surface area contributed by atoms with Crippen LogP contribution in [0.3, 0.4) is 0 Å². The molecule has 0 unspecified atom stereocenters. The average molecular weight is 187 g/mol. The van der Waals surface area contributed by atoms with Gasteiger partial charge in [0, 0.05) is 5.56 Å².